The normalized spacial score (nSPS) is 21.2. The van der Waals surface area contributed by atoms with Crippen molar-refractivity contribution in [3.8, 4) is 11.5 Å². The summed E-state index contributed by atoms with van der Waals surface area (Å²) in [7, 11) is 0. The van der Waals surface area contributed by atoms with Gasteiger partial charge in [0.1, 0.15) is 11.5 Å². The second-order valence-corrected chi connectivity index (χ2v) is 6.63. The number of benzene rings is 1. The van der Waals surface area contributed by atoms with Crippen molar-refractivity contribution in [3.05, 3.63) is 24.3 Å². The van der Waals surface area contributed by atoms with Crippen LogP contribution in [-0.4, -0.2) is 12.3 Å². The first-order chi connectivity index (χ1) is 11.8. The highest BCUT2D eigenvalue weighted by Gasteiger charge is 2.32. The van der Waals surface area contributed by atoms with Gasteiger partial charge in [-0.05, 0) is 61.8 Å². The van der Waals surface area contributed by atoms with Crippen molar-refractivity contribution in [1.82, 2.24) is 0 Å². The lowest BCUT2D eigenvalue weighted by molar-refractivity contribution is -0.274. The smallest absolute Gasteiger partial charge is 0.426 e. The summed E-state index contributed by atoms with van der Waals surface area (Å²) in [6.45, 7) is 4.42. The predicted octanol–water partition coefficient (Wildman–Crippen LogP) is 5.73. The quantitative estimate of drug-likeness (QED) is 0.481. The standard InChI is InChI=1S/C19H25F3O3/c1-3-13(4-2)14-5-7-15(8-6-14)18(23)24-16-9-11-17(12-10-16)25-19(20,21)22/h9-15H,3-8H2,1-2H3. The Morgan fingerprint density at radius 1 is 1.04 bits per heavy atom. The third-order valence-electron chi connectivity index (χ3n) is 5.10. The van der Waals surface area contributed by atoms with E-state index in [0.29, 0.717) is 5.92 Å². The summed E-state index contributed by atoms with van der Waals surface area (Å²) in [6, 6.07) is 4.91. The largest absolute Gasteiger partial charge is 0.573 e. The molecule has 1 aliphatic rings. The van der Waals surface area contributed by atoms with Gasteiger partial charge in [0, 0.05) is 0 Å². The highest BCUT2D eigenvalue weighted by molar-refractivity contribution is 5.75. The number of hydrogen-bond donors (Lipinski definition) is 0. The lowest BCUT2D eigenvalue weighted by Crippen LogP contribution is -2.28. The maximum absolute atomic E-state index is 12.3. The molecule has 1 aliphatic carbocycles. The molecule has 1 aromatic rings. The highest BCUT2D eigenvalue weighted by Crippen LogP contribution is 2.37. The van der Waals surface area contributed by atoms with E-state index in [1.807, 2.05) is 0 Å². The minimum absolute atomic E-state index is 0.128. The summed E-state index contributed by atoms with van der Waals surface area (Å²) < 4.78 is 45.5. The number of alkyl halides is 3. The van der Waals surface area contributed by atoms with E-state index < -0.39 is 6.36 Å². The summed E-state index contributed by atoms with van der Waals surface area (Å²) in [6.07, 6.45) is 1.30. The molecule has 140 valence electrons. The van der Waals surface area contributed by atoms with Crippen LogP contribution in [0.1, 0.15) is 52.4 Å². The Balaban J connectivity index is 1.84. The maximum Gasteiger partial charge on any atom is 0.573 e. The molecule has 0 N–H and O–H groups in total. The van der Waals surface area contributed by atoms with Gasteiger partial charge < -0.3 is 9.47 Å². The van der Waals surface area contributed by atoms with E-state index in [1.54, 1.807) is 0 Å². The van der Waals surface area contributed by atoms with Crippen molar-refractivity contribution in [2.24, 2.45) is 17.8 Å². The zero-order valence-corrected chi connectivity index (χ0v) is 14.6. The van der Waals surface area contributed by atoms with E-state index in [-0.39, 0.29) is 23.4 Å². The Morgan fingerprint density at radius 2 is 1.56 bits per heavy atom. The van der Waals surface area contributed by atoms with Gasteiger partial charge in [0.2, 0.25) is 0 Å². The van der Waals surface area contributed by atoms with Crippen molar-refractivity contribution in [2.75, 3.05) is 0 Å². The first kappa shape index (κ1) is 19.6. The minimum Gasteiger partial charge on any atom is -0.426 e. The van der Waals surface area contributed by atoms with Crippen molar-refractivity contribution >= 4 is 5.97 Å². The van der Waals surface area contributed by atoms with Crippen LogP contribution in [0, 0.1) is 17.8 Å². The monoisotopic (exact) mass is 358 g/mol. The number of rotatable bonds is 6. The molecule has 0 atom stereocenters. The molecule has 0 spiro atoms. The van der Waals surface area contributed by atoms with Crippen LogP contribution in [0.3, 0.4) is 0 Å². The van der Waals surface area contributed by atoms with Crippen molar-refractivity contribution in [2.45, 2.75) is 58.7 Å². The van der Waals surface area contributed by atoms with Crippen LogP contribution in [0.5, 0.6) is 11.5 Å². The molecule has 1 fully saturated rings. The zero-order chi connectivity index (χ0) is 18.4. The fraction of sp³-hybridized carbons (Fsp3) is 0.632. The van der Waals surface area contributed by atoms with Gasteiger partial charge in [0.05, 0.1) is 5.92 Å². The van der Waals surface area contributed by atoms with E-state index >= 15 is 0 Å². The Hall–Kier alpha value is -1.72. The Bertz CT molecular complexity index is 542. The van der Waals surface area contributed by atoms with Gasteiger partial charge in [-0.3, -0.25) is 4.79 Å². The van der Waals surface area contributed by atoms with Crippen molar-refractivity contribution < 1.29 is 27.4 Å². The number of hydrogen-bond acceptors (Lipinski definition) is 3. The molecule has 0 aromatic heterocycles. The highest BCUT2D eigenvalue weighted by atomic mass is 19.4. The SMILES string of the molecule is CCC(CC)C1CCC(C(=O)Oc2ccc(OC(F)(F)F)cc2)CC1. The molecule has 6 heteroatoms. The molecular weight excluding hydrogens is 333 g/mol. The van der Waals surface area contributed by atoms with E-state index in [9.17, 15) is 18.0 Å². The third-order valence-corrected chi connectivity index (χ3v) is 5.10. The number of halogens is 3. The molecule has 0 radical (unpaired) electrons. The Labute approximate surface area is 146 Å². The molecule has 0 saturated heterocycles. The summed E-state index contributed by atoms with van der Waals surface area (Å²) in [5.74, 6) is 0.875. The van der Waals surface area contributed by atoms with Crippen LogP contribution in [0.25, 0.3) is 0 Å². The molecule has 0 bridgehead atoms. The predicted molar refractivity (Wildman–Crippen MR) is 88.3 cm³/mol. The van der Waals surface area contributed by atoms with Crippen LogP contribution in [-0.2, 0) is 4.79 Å². The molecule has 1 saturated carbocycles. The number of esters is 1. The van der Waals surface area contributed by atoms with E-state index in [4.69, 9.17) is 4.74 Å². The fourth-order valence-corrected chi connectivity index (χ4v) is 3.69. The van der Waals surface area contributed by atoms with Crippen LogP contribution < -0.4 is 9.47 Å². The number of carbonyl (C=O) groups excluding carboxylic acids is 1. The van der Waals surface area contributed by atoms with Crippen LogP contribution in [0.4, 0.5) is 13.2 Å². The fourth-order valence-electron chi connectivity index (χ4n) is 3.69. The average Bonchev–Trinajstić information content (AvgIpc) is 2.57. The second kappa shape index (κ2) is 8.59. The second-order valence-electron chi connectivity index (χ2n) is 6.63. The molecule has 3 nitrogen and oxygen atoms in total. The molecule has 0 heterocycles. The number of ether oxygens (including phenoxy) is 2. The van der Waals surface area contributed by atoms with Gasteiger partial charge in [-0.15, -0.1) is 13.2 Å². The lowest BCUT2D eigenvalue weighted by Gasteiger charge is -2.32. The molecule has 1 aromatic carbocycles. The molecular formula is C19H25F3O3. The van der Waals surface area contributed by atoms with Gasteiger partial charge >= 0.3 is 12.3 Å². The van der Waals surface area contributed by atoms with Gasteiger partial charge in [0.25, 0.3) is 0 Å². The van der Waals surface area contributed by atoms with Crippen molar-refractivity contribution in [3.63, 3.8) is 0 Å². The maximum atomic E-state index is 12.3. The minimum atomic E-state index is -4.73. The molecule has 2 rings (SSSR count). The summed E-state index contributed by atoms with van der Waals surface area (Å²) in [4.78, 5) is 12.3. The Morgan fingerprint density at radius 3 is 2.04 bits per heavy atom. The van der Waals surface area contributed by atoms with Gasteiger partial charge in [-0.1, -0.05) is 26.7 Å². The van der Waals surface area contributed by atoms with Gasteiger partial charge in [-0.25, -0.2) is 0 Å². The average molecular weight is 358 g/mol. The summed E-state index contributed by atoms with van der Waals surface area (Å²) in [5.41, 5.74) is 0. The molecule has 0 amide bonds. The third kappa shape index (κ3) is 5.94. The first-order valence-electron chi connectivity index (χ1n) is 8.89. The van der Waals surface area contributed by atoms with Crippen molar-refractivity contribution in [1.29, 1.82) is 0 Å². The molecule has 0 aliphatic heterocycles. The van der Waals surface area contributed by atoms with Crippen LogP contribution in [0.15, 0.2) is 24.3 Å². The van der Waals surface area contributed by atoms with E-state index in [2.05, 4.69) is 18.6 Å². The zero-order valence-electron chi connectivity index (χ0n) is 14.6. The summed E-state index contributed by atoms with van der Waals surface area (Å²) in [5, 5.41) is 0. The van der Waals surface area contributed by atoms with Gasteiger partial charge in [0.15, 0.2) is 0 Å². The van der Waals surface area contributed by atoms with Crippen LogP contribution >= 0.6 is 0 Å². The first-order valence-corrected chi connectivity index (χ1v) is 8.89. The van der Waals surface area contributed by atoms with Crippen LogP contribution in [0.2, 0.25) is 0 Å². The topological polar surface area (TPSA) is 35.5 Å². The van der Waals surface area contributed by atoms with E-state index in [0.717, 1.165) is 43.7 Å². The van der Waals surface area contributed by atoms with E-state index in [1.165, 1.54) is 25.0 Å². The lowest BCUT2D eigenvalue weighted by atomic mass is 9.74. The Kier molecular flexibility index (Phi) is 6.73. The molecule has 0 unspecified atom stereocenters. The van der Waals surface area contributed by atoms with Gasteiger partial charge in [-0.2, -0.15) is 0 Å². The summed E-state index contributed by atoms with van der Waals surface area (Å²) >= 11 is 0. The molecule has 25 heavy (non-hydrogen) atoms. The number of carbonyl (C=O) groups is 1.